The van der Waals surface area contributed by atoms with E-state index < -0.39 is 34.6 Å². The predicted octanol–water partition coefficient (Wildman–Crippen LogP) is 3.39. The van der Waals surface area contributed by atoms with E-state index >= 15 is 0 Å². The van der Waals surface area contributed by atoms with E-state index in [9.17, 15) is 22.8 Å². The van der Waals surface area contributed by atoms with E-state index in [1.54, 1.807) is 6.92 Å². The van der Waals surface area contributed by atoms with Gasteiger partial charge in [0.05, 0.1) is 22.8 Å². The number of carbonyl (C=O) groups excluding carboxylic acids is 2. The number of nitrogens with zero attached hydrogens (tertiary/aromatic N) is 3. The summed E-state index contributed by atoms with van der Waals surface area (Å²) in [4.78, 5) is 37.0. The van der Waals surface area contributed by atoms with Gasteiger partial charge in [0.25, 0.3) is 11.8 Å². The lowest BCUT2D eigenvalue weighted by atomic mass is 10.2. The van der Waals surface area contributed by atoms with Gasteiger partial charge in [-0.3, -0.25) is 9.59 Å². The number of nitrogens with two attached hydrogens (primary N) is 2. The van der Waals surface area contributed by atoms with Crippen LogP contribution in [0.2, 0.25) is 5.02 Å². The Kier molecular flexibility index (Phi) is 7.15. The molecule has 0 radical (unpaired) electrons. The normalized spacial score (nSPS) is 12.3. The Hall–Kier alpha value is -3.29. The van der Waals surface area contributed by atoms with Crippen molar-refractivity contribution in [2.45, 2.75) is 25.7 Å². The van der Waals surface area contributed by atoms with Crippen molar-refractivity contribution in [3.05, 3.63) is 62.5 Å². The molecule has 0 fully saturated rings. The fraction of sp³-hybridized carbons (Fsp3) is 0.211. The number of anilines is 2. The smallest absolute Gasteiger partial charge is 0.383 e. The molecule has 6 N–H and O–H groups in total. The highest BCUT2D eigenvalue weighted by atomic mass is 35.5. The average Bonchev–Trinajstić information content (AvgIpc) is 3.24. The molecule has 174 valence electrons. The number of aromatic nitrogens is 3. The van der Waals surface area contributed by atoms with E-state index in [0.29, 0.717) is 10.6 Å². The number of nitrogen functional groups attached to an aromatic ring is 1. The molecular formula is C19H17ClF3N7O2S. The molecule has 0 saturated heterocycles. The van der Waals surface area contributed by atoms with E-state index in [1.165, 1.54) is 12.3 Å². The van der Waals surface area contributed by atoms with E-state index in [2.05, 4.69) is 25.6 Å². The van der Waals surface area contributed by atoms with E-state index in [0.717, 1.165) is 29.8 Å². The number of thiazole rings is 1. The van der Waals surface area contributed by atoms with Gasteiger partial charge in [0.1, 0.15) is 27.7 Å². The van der Waals surface area contributed by atoms with Crippen LogP contribution in [-0.4, -0.2) is 26.8 Å². The molecule has 0 aliphatic rings. The Morgan fingerprint density at radius 3 is 2.61 bits per heavy atom. The molecule has 2 amide bonds. The first kappa shape index (κ1) is 24.4. The lowest BCUT2D eigenvalue weighted by Crippen LogP contribution is -2.29. The number of benzene rings is 1. The van der Waals surface area contributed by atoms with Crippen molar-refractivity contribution >= 4 is 46.3 Å². The van der Waals surface area contributed by atoms with Gasteiger partial charge in [0, 0.05) is 17.8 Å². The SMILES string of the molecule is C[C@@H](NC(=O)c1ncnc(N)c1CN)c1ncc(C(=O)Nc2ccc(Cl)c(C(F)(F)F)c2)s1. The second kappa shape index (κ2) is 9.68. The molecule has 0 aliphatic heterocycles. The van der Waals surface area contributed by atoms with Crippen LogP contribution in [0.1, 0.15) is 49.3 Å². The summed E-state index contributed by atoms with van der Waals surface area (Å²) in [6.07, 6.45) is -2.27. The highest BCUT2D eigenvalue weighted by molar-refractivity contribution is 7.13. The first-order valence-corrected chi connectivity index (χ1v) is 10.4. The minimum Gasteiger partial charge on any atom is -0.383 e. The fourth-order valence-electron chi connectivity index (χ4n) is 2.76. The third-order valence-corrected chi connectivity index (χ3v) is 5.90. The second-order valence-electron chi connectivity index (χ2n) is 6.69. The summed E-state index contributed by atoms with van der Waals surface area (Å²) in [5.74, 6) is -1.13. The van der Waals surface area contributed by atoms with Crippen molar-refractivity contribution in [2.75, 3.05) is 11.1 Å². The summed E-state index contributed by atoms with van der Waals surface area (Å²) in [7, 11) is 0. The summed E-state index contributed by atoms with van der Waals surface area (Å²) >= 11 is 6.55. The average molecular weight is 500 g/mol. The van der Waals surface area contributed by atoms with Gasteiger partial charge < -0.3 is 22.1 Å². The summed E-state index contributed by atoms with van der Waals surface area (Å²) in [6.45, 7) is 1.60. The number of hydrogen-bond acceptors (Lipinski definition) is 8. The van der Waals surface area contributed by atoms with Crippen molar-refractivity contribution in [2.24, 2.45) is 5.73 Å². The molecule has 1 atom stereocenters. The Bertz CT molecular complexity index is 1200. The zero-order valence-corrected chi connectivity index (χ0v) is 18.5. The molecule has 0 bridgehead atoms. The zero-order chi connectivity index (χ0) is 24.3. The Balaban J connectivity index is 1.71. The van der Waals surface area contributed by atoms with E-state index in [-0.39, 0.29) is 28.6 Å². The van der Waals surface area contributed by atoms with Crippen LogP contribution in [0.15, 0.2) is 30.7 Å². The zero-order valence-electron chi connectivity index (χ0n) is 16.9. The topological polar surface area (TPSA) is 149 Å². The molecule has 0 spiro atoms. The van der Waals surface area contributed by atoms with Crippen molar-refractivity contribution in [1.29, 1.82) is 0 Å². The molecule has 3 aromatic rings. The second-order valence-corrected chi connectivity index (χ2v) is 8.16. The molecule has 9 nitrogen and oxygen atoms in total. The van der Waals surface area contributed by atoms with Gasteiger partial charge >= 0.3 is 6.18 Å². The quantitative estimate of drug-likeness (QED) is 0.406. The maximum atomic E-state index is 13.0. The monoisotopic (exact) mass is 499 g/mol. The lowest BCUT2D eigenvalue weighted by molar-refractivity contribution is -0.137. The summed E-state index contributed by atoms with van der Waals surface area (Å²) in [5.41, 5.74) is 10.5. The maximum Gasteiger partial charge on any atom is 0.417 e. The Morgan fingerprint density at radius 1 is 1.21 bits per heavy atom. The molecule has 0 unspecified atom stereocenters. The number of alkyl halides is 3. The molecule has 0 aliphatic carbocycles. The summed E-state index contributed by atoms with van der Waals surface area (Å²) in [6, 6.07) is 2.43. The Morgan fingerprint density at radius 2 is 1.94 bits per heavy atom. The number of halogens is 4. The van der Waals surface area contributed by atoms with Crippen molar-refractivity contribution < 1.29 is 22.8 Å². The number of carbonyl (C=O) groups is 2. The van der Waals surface area contributed by atoms with Crippen LogP contribution in [0.5, 0.6) is 0 Å². The molecule has 2 aromatic heterocycles. The summed E-state index contributed by atoms with van der Waals surface area (Å²) < 4.78 is 39.0. The van der Waals surface area contributed by atoms with Crippen LogP contribution in [0.4, 0.5) is 24.7 Å². The van der Waals surface area contributed by atoms with Crippen LogP contribution >= 0.6 is 22.9 Å². The van der Waals surface area contributed by atoms with Crippen LogP contribution in [0, 0.1) is 0 Å². The third kappa shape index (κ3) is 5.56. The largest absolute Gasteiger partial charge is 0.417 e. The number of rotatable bonds is 6. The molecule has 3 rings (SSSR count). The van der Waals surface area contributed by atoms with Gasteiger partial charge in [-0.2, -0.15) is 13.2 Å². The minimum absolute atomic E-state index is 0.0228. The fourth-order valence-corrected chi connectivity index (χ4v) is 3.80. The first-order chi connectivity index (χ1) is 15.5. The predicted molar refractivity (Wildman–Crippen MR) is 117 cm³/mol. The third-order valence-electron chi connectivity index (χ3n) is 4.39. The molecule has 33 heavy (non-hydrogen) atoms. The molecule has 1 aromatic carbocycles. The molecule has 2 heterocycles. The van der Waals surface area contributed by atoms with Gasteiger partial charge in [0.15, 0.2) is 0 Å². The van der Waals surface area contributed by atoms with Gasteiger partial charge in [-0.25, -0.2) is 15.0 Å². The standard InChI is InChI=1S/C19H17ClF3N7O2S/c1-8(29-17(32)14-10(5-24)15(25)28-7-27-14)18-26-6-13(33-18)16(31)30-9-2-3-12(20)11(4-9)19(21,22)23/h2-4,6-8H,5,24H2,1H3,(H,29,32)(H,30,31)(H2,25,27,28)/t8-/m1/s1. The van der Waals surface area contributed by atoms with Crippen LogP contribution < -0.4 is 22.1 Å². The van der Waals surface area contributed by atoms with Crippen molar-refractivity contribution in [3.8, 4) is 0 Å². The number of hydrogen-bond donors (Lipinski definition) is 4. The molecule has 0 saturated carbocycles. The van der Waals surface area contributed by atoms with Gasteiger partial charge in [-0.1, -0.05) is 11.6 Å². The highest BCUT2D eigenvalue weighted by Crippen LogP contribution is 2.36. The number of amides is 2. The van der Waals surface area contributed by atoms with E-state index in [1.807, 2.05) is 0 Å². The summed E-state index contributed by atoms with van der Waals surface area (Å²) in [5, 5.41) is 4.97. The first-order valence-electron chi connectivity index (χ1n) is 9.25. The molecule has 14 heteroatoms. The molecular weight excluding hydrogens is 483 g/mol. The maximum absolute atomic E-state index is 13.0. The van der Waals surface area contributed by atoms with Crippen LogP contribution in [0.3, 0.4) is 0 Å². The van der Waals surface area contributed by atoms with Crippen LogP contribution in [0.25, 0.3) is 0 Å². The highest BCUT2D eigenvalue weighted by Gasteiger charge is 2.33. The van der Waals surface area contributed by atoms with Crippen LogP contribution in [-0.2, 0) is 12.7 Å². The van der Waals surface area contributed by atoms with Gasteiger partial charge in [0.2, 0.25) is 0 Å². The van der Waals surface area contributed by atoms with Crippen molar-refractivity contribution in [1.82, 2.24) is 20.3 Å². The van der Waals surface area contributed by atoms with Crippen molar-refractivity contribution in [3.63, 3.8) is 0 Å². The minimum atomic E-state index is -4.67. The lowest BCUT2D eigenvalue weighted by Gasteiger charge is -2.13. The van der Waals surface area contributed by atoms with Gasteiger partial charge in [-0.15, -0.1) is 11.3 Å². The Labute approximate surface area is 194 Å². The van der Waals surface area contributed by atoms with E-state index in [4.69, 9.17) is 23.1 Å². The number of nitrogens with one attached hydrogen (secondary N) is 2. The van der Waals surface area contributed by atoms with Gasteiger partial charge in [-0.05, 0) is 25.1 Å².